The van der Waals surface area contributed by atoms with E-state index in [0.29, 0.717) is 19.5 Å². The van der Waals surface area contributed by atoms with Gasteiger partial charge in [0.25, 0.3) is 0 Å². The molecule has 1 amide bonds. The van der Waals surface area contributed by atoms with Crippen LogP contribution in [0.2, 0.25) is 0 Å². The summed E-state index contributed by atoms with van der Waals surface area (Å²) in [5, 5.41) is 3.93. The van der Waals surface area contributed by atoms with Crippen molar-refractivity contribution in [3.05, 3.63) is 48.3 Å². The molecule has 0 saturated heterocycles. The van der Waals surface area contributed by atoms with Gasteiger partial charge in [0.05, 0.1) is 6.54 Å². The predicted octanol–water partition coefficient (Wildman–Crippen LogP) is 1.47. The fourth-order valence-corrected chi connectivity index (χ4v) is 1.70. The lowest BCUT2D eigenvalue weighted by Crippen LogP contribution is -2.27. The van der Waals surface area contributed by atoms with Crippen LogP contribution in [0.5, 0.6) is 0 Å². The van der Waals surface area contributed by atoms with Crippen LogP contribution in [-0.2, 0) is 17.9 Å². The summed E-state index contributed by atoms with van der Waals surface area (Å²) in [4.78, 5) is 17.3. The first kappa shape index (κ1) is 13.2. The highest BCUT2D eigenvalue weighted by Gasteiger charge is 2.09. The molecule has 1 heterocycles. The van der Waals surface area contributed by atoms with Crippen LogP contribution in [-0.4, -0.2) is 32.6 Å². The van der Waals surface area contributed by atoms with Gasteiger partial charge in [0.15, 0.2) is 0 Å². The Hall–Kier alpha value is -2.24. The highest BCUT2D eigenvalue weighted by Crippen LogP contribution is 2.06. The zero-order chi connectivity index (χ0) is 13.7. The fourth-order valence-electron chi connectivity index (χ4n) is 1.70. The van der Waals surface area contributed by atoms with Crippen molar-refractivity contribution in [2.24, 2.45) is 0 Å². The third-order valence-corrected chi connectivity index (χ3v) is 2.78. The van der Waals surface area contributed by atoms with Crippen LogP contribution in [0.4, 0.5) is 4.39 Å². The number of hydrogen-bond donors (Lipinski definition) is 0. The minimum absolute atomic E-state index is 0.0137. The van der Waals surface area contributed by atoms with E-state index >= 15 is 0 Å². The topological polar surface area (TPSA) is 51.0 Å². The van der Waals surface area contributed by atoms with Crippen molar-refractivity contribution in [2.75, 3.05) is 7.05 Å². The number of aryl methyl sites for hydroxylation is 1. The monoisotopic (exact) mass is 262 g/mol. The van der Waals surface area contributed by atoms with Gasteiger partial charge < -0.3 is 4.90 Å². The summed E-state index contributed by atoms with van der Waals surface area (Å²) in [5.74, 6) is -0.260. The molecule has 0 aliphatic carbocycles. The van der Waals surface area contributed by atoms with Gasteiger partial charge in [-0.3, -0.25) is 9.48 Å². The molecule has 2 aromatic rings. The summed E-state index contributed by atoms with van der Waals surface area (Å²) in [6.07, 6.45) is 3.38. The molecule has 1 aromatic carbocycles. The van der Waals surface area contributed by atoms with Crippen molar-refractivity contribution in [3.63, 3.8) is 0 Å². The van der Waals surface area contributed by atoms with Crippen LogP contribution in [0.1, 0.15) is 12.0 Å². The van der Waals surface area contributed by atoms with Crippen LogP contribution in [0.3, 0.4) is 0 Å². The molecule has 100 valence electrons. The maximum atomic E-state index is 12.8. The van der Waals surface area contributed by atoms with Gasteiger partial charge in [0, 0.05) is 20.0 Å². The molecule has 0 bridgehead atoms. The first-order valence-electron chi connectivity index (χ1n) is 5.96. The standard InChI is InChI=1S/C13H15FN4O/c1-17(8-11-2-4-12(14)5-3-11)13(19)6-7-18-10-15-9-16-18/h2-5,9-10H,6-8H2,1H3. The van der Waals surface area contributed by atoms with Gasteiger partial charge in [0.2, 0.25) is 5.91 Å². The van der Waals surface area contributed by atoms with Crippen molar-refractivity contribution >= 4 is 5.91 Å². The zero-order valence-corrected chi connectivity index (χ0v) is 10.7. The lowest BCUT2D eigenvalue weighted by atomic mass is 10.2. The van der Waals surface area contributed by atoms with E-state index in [1.54, 1.807) is 35.1 Å². The first-order valence-corrected chi connectivity index (χ1v) is 5.96. The number of carbonyl (C=O) groups is 1. The van der Waals surface area contributed by atoms with E-state index in [9.17, 15) is 9.18 Å². The largest absolute Gasteiger partial charge is 0.341 e. The first-order chi connectivity index (χ1) is 9.15. The lowest BCUT2D eigenvalue weighted by molar-refractivity contribution is -0.130. The average Bonchev–Trinajstić information content (AvgIpc) is 2.91. The summed E-state index contributed by atoms with van der Waals surface area (Å²) in [7, 11) is 1.73. The molecule has 0 saturated carbocycles. The molecule has 0 aliphatic heterocycles. The molecule has 0 radical (unpaired) electrons. The molecule has 6 heteroatoms. The third kappa shape index (κ3) is 3.87. The summed E-state index contributed by atoms with van der Waals surface area (Å²) in [5.41, 5.74) is 0.901. The number of benzene rings is 1. The highest BCUT2D eigenvalue weighted by atomic mass is 19.1. The molecule has 0 unspecified atom stereocenters. The summed E-state index contributed by atoms with van der Waals surface area (Å²) in [6, 6.07) is 6.14. The van der Waals surface area contributed by atoms with Gasteiger partial charge in [-0.05, 0) is 17.7 Å². The van der Waals surface area contributed by atoms with E-state index < -0.39 is 0 Å². The van der Waals surface area contributed by atoms with Gasteiger partial charge in [-0.2, -0.15) is 5.10 Å². The van der Waals surface area contributed by atoms with Crippen molar-refractivity contribution in [1.82, 2.24) is 19.7 Å². The van der Waals surface area contributed by atoms with E-state index in [2.05, 4.69) is 10.1 Å². The number of amides is 1. The summed E-state index contributed by atoms with van der Waals surface area (Å²) < 4.78 is 14.4. The van der Waals surface area contributed by atoms with E-state index in [-0.39, 0.29) is 11.7 Å². The molecular weight excluding hydrogens is 247 g/mol. The second kappa shape index (κ2) is 6.08. The highest BCUT2D eigenvalue weighted by molar-refractivity contribution is 5.75. The Bertz CT molecular complexity index is 524. The lowest BCUT2D eigenvalue weighted by Gasteiger charge is -2.17. The molecule has 0 fully saturated rings. The van der Waals surface area contributed by atoms with Gasteiger partial charge in [0.1, 0.15) is 18.5 Å². The number of aromatic nitrogens is 3. The molecule has 2 rings (SSSR count). The molecule has 0 N–H and O–H groups in total. The minimum atomic E-state index is -0.274. The molecular formula is C13H15FN4O. The van der Waals surface area contributed by atoms with E-state index in [1.807, 2.05) is 0 Å². The zero-order valence-electron chi connectivity index (χ0n) is 10.7. The summed E-state index contributed by atoms with van der Waals surface area (Å²) in [6.45, 7) is 0.975. The normalized spacial score (nSPS) is 10.4. The van der Waals surface area contributed by atoms with Gasteiger partial charge >= 0.3 is 0 Å². The van der Waals surface area contributed by atoms with Gasteiger partial charge in [-0.1, -0.05) is 12.1 Å². The number of rotatable bonds is 5. The number of nitrogens with zero attached hydrogens (tertiary/aromatic N) is 4. The van der Waals surface area contributed by atoms with Gasteiger partial charge in [-0.25, -0.2) is 9.37 Å². The van der Waals surface area contributed by atoms with Crippen LogP contribution >= 0.6 is 0 Å². The second-order valence-corrected chi connectivity index (χ2v) is 4.28. The third-order valence-electron chi connectivity index (χ3n) is 2.78. The Morgan fingerprint density at radius 1 is 1.37 bits per heavy atom. The van der Waals surface area contributed by atoms with E-state index in [4.69, 9.17) is 0 Å². The number of carbonyl (C=O) groups excluding carboxylic acids is 1. The average molecular weight is 262 g/mol. The van der Waals surface area contributed by atoms with E-state index in [1.165, 1.54) is 18.5 Å². The van der Waals surface area contributed by atoms with Crippen LogP contribution in [0, 0.1) is 5.82 Å². The van der Waals surface area contributed by atoms with Crippen molar-refractivity contribution < 1.29 is 9.18 Å². The predicted molar refractivity (Wildman–Crippen MR) is 67.5 cm³/mol. The van der Waals surface area contributed by atoms with Gasteiger partial charge in [-0.15, -0.1) is 0 Å². The van der Waals surface area contributed by atoms with Crippen molar-refractivity contribution in [3.8, 4) is 0 Å². The maximum absolute atomic E-state index is 12.8. The minimum Gasteiger partial charge on any atom is -0.341 e. The Kier molecular flexibility index (Phi) is 4.22. The number of hydrogen-bond acceptors (Lipinski definition) is 3. The second-order valence-electron chi connectivity index (χ2n) is 4.28. The Labute approximate surface area is 110 Å². The Balaban J connectivity index is 1.83. The smallest absolute Gasteiger partial charge is 0.224 e. The molecule has 1 aromatic heterocycles. The van der Waals surface area contributed by atoms with E-state index in [0.717, 1.165) is 5.56 Å². The van der Waals surface area contributed by atoms with Crippen molar-refractivity contribution in [1.29, 1.82) is 0 Å². The molecule has 0 spiro atoms. The SMILES string of the molecule is CN(Cc1ccc(F)cc1)C(=O)CCn1cncn1. The Morgan fingerprint density at radius 3 is 2.74 bits per heavy atom. The van der Waals surface area contributed by atoms with Crippen LogP contribution < -0.4 is 0 Å². The molecule has 19 heavy (non-hydrogen) atoms. The quantitative estimate of drug-likeness (QED) is 0.819. The fraction of sp³-hybridized carbons (Fsp3) is 0.308. The maximum Gasteiger partial charge on any atom is 0.224 e. The number of halogens is 1. The van der Waals surface area contributed by atoms with Crippen LogP contribution in [0.25, 0.3) is 0 Å². The molecule has 5 nitrogen and oxygen atoms in total. The summed E-state index contributed by atoms with van der Waals surface area (Å²) >= 11 is 0. The molecule has 0 aliphatic rings. The Morgan fingerprint density at radius 2 is 2.11 bits per heavy atom. The van der Waals surface area contributed by atoms with Crippen LogP contribution in [0.15, 0.2) is 36.9 Å². The van der Waals surface area contributed by atoms with Crippen molar-refractivity contribution in [2.45, 2.75) is 19.5 Å². The molecule has 0 atom stereocenters.